The van der Waals surface area contributed by atoms with Crippen LogP contribution in [-0.2, 0) is 0 Å². The van der Waals surface area contributed by atoms with Gasteiger partial charge >= 0.3 is 0 Å². The molecular formula is C7H7N3. The lowest BCUT2D eigenvalue weighted by Crippen LogP contribution is -1.88. The second-order valence-electron chi connectivity index (χ2n) is 2.03. The zero-order chi connectivity index (χ0) is 6.81. The standard InChI is InChI=1S/C7H7N3/c1-2-6-10(5-1)7-3-4-8-9-7/h1-6H,(H,8,9). The lowest BCUT2D eigenvalue weighted by Gasteiger charge is -1.93. The maximum absolute atomic E-state index is 3.83. The van der Waals surface area contributed by atoms with Crippen LogP contribution in [0.25, 0.3) is 5.82 Å². The molecule has 0 aliphatic carbocycles. The average molecular weight is 133 g/mol. The molecule has 0 saturated carbocycles. The van der Waals surface area contributed by atoms with Crippen LogP contribution in [0.2, 0.25) is 0 Å². The Bertz CT molecular complexity index is 248. The van der Waals surface area contributed by atoms with E-state index in [2.05, 4.69) is 10.2 Å². The zero-order valence-corrected chi connectivity index (χ0v) is 5.36. The molecule has 0 unspecified atom stereocenters. The molecule has 0 atom stereocenters. The third-order valence-corrected chi connectivity index (χ3v) is 1.37. The van der Waals surface area contributed by atoms with E-state index in [-0.39, 0.29) is 0 Å². The first-order valence-electron chi connectivity index (χ1n) is 3.09. The molecule has 2 heterocycles. The molecule has 50 valence electrons. The van der Waals surface area contributed by atoms with Crippen LogP contribution < -0.4 is 0 Å². The monoisotopic (exact) mass is 133 g/mol. The van der Waals surface area contributed by atoms with Gasteiger partial charge in [-0.2, -0.15) is 5.10 Å². The number of aromatic nitrogens is 3. The second kappa shape index (κ2) is 2.02. The molecule has 0 saturated heterocycles. The Hall–Kier alpha value is -1.51. The van der Waals surface area contributed by atoms with Gasteiger partial charge in [-0.25, -0.2) is 0 Å². The number of nitrogens with zero attached hydrogens (tertiary/aromatic N) is 2. The highest BCUT2D eigenvalue weighted by atomic mass is 15.2. The Labute approximate surface area is 58.3 Å². The van der Waals surface area contributed by atoms with E-state index in [4.69, 9.17) is 0 Å². The van der Waals surface area contributed by atoms with E-state index in [9.17, 15) is 0 Å². The molecule has 2 aromatic rings. The van der Waals surface area contributed by atoms with E-state index in [1.54, 1.807) is 6.20 Å². The van der Waals surface area contributed by atoms with Crippen LogP contribution in [0.15, 0.2) is 36.8 Å². The molecule has 3 nitrogen and oxygen atoms in total. The Balaban J connectivity index is 2.48. The van der Waals surface area contributed by atoms with Crippen LogP contribution in [-0.4, -0.2) is 14.8 Å². The van der Waals surface area contributed by atoms with Crippen LogP contribution in [0, 0.1) is 0 Å². The lowest BCUT2D eigenvalue weighted by molar-refractivity contribution is 0.965. The molecule has 2 aromatic heterocycles. The van der Waals surface area contributed by atoms with Gasteiger partial charge in [0.2, 0.25) is 0 Å². The SMILES string of the molecule is c1ccn(-c2ccn[nH]2)c1. The smallest absolute Gasteiger partial charge is 0.132 e. The van der Waals surface area contributed by atoms with Crippen molar-refractivity contribution in [3.8, 4) is 5.82 Å². The minimum atomic E-state index is 0.991. The van der Waals surface area contributed by atoms with Gasteiger partial charge < -0.3 is 4.57 Å². The zero-order valence-electron chi connectivity index (χ0n) is 5.36. The summed E-state index contributed by atoms with van der Waals surface area (Å²) < 4.78 is 1.97. The van der Waals surface area contributed by atoms with Crippen molar-refractivity contribution in [2.75, 3.05) is 0 Å². The minimum absolute atomic E-state index is 0.991. The highest BCUT2D eigenvalue weighted by Gasteiger charge is 1.91. The van der Waals surface area contributed by atoms with Crippen molar-refractivity contribution in [2.45, 2.75) is 0 Å². The maximum atomic E-state index is 3.83. The van der Waals surface area contributed by atoms with E-state index in [1.165, 1.54) is 0 Å². The average Bonchev–Trinajstić information content (AvgIpc) is 2.59. The quantitative estimate of drug-likeness (QED) is 0.623. The fraction of sp³-hybridized carbons (Fsp3) is 0. The number of H-pyrrole nitrogens is 1. The molecule has 0 bridgehead atoms. The number of hydrogen-bond acceptors (Lipinski definition) is 1. The summed E-state index contributed by atoms with van der Waals surface area (Å²) in [6.45, 7) is 0. The van der Waals surface area contributed by atoms with E-state index in [0.717, 1.165) is 5.82 Å². The summed E-state index contributed by atoms with van der Waals surface area (Å²) in [6, 6.07) is 5.86. The van der Waals surface area contributed by atoms with Crippen LogP contribution >= 0.6 is 0 Å². The largest absolute Gasteiger partial charge is 0.309 e. The van der Waals surface area contributed by atoms with Crippen LogP contribution in [0.5, 0.6) is 0 Å². The van der Waals surface area contributed by atoms with E-state index < -0.39 is 0 Å². The molecule has 0 fully saturated rings. The second-order valence-corrected chi connectivity index (χ2v) is 2.03. The van der Waals surface area contributed by atoms with Gasteiger partial charge in [0.15, 0.2) is 0 Å². The Morgan fingerprint density at radius 1 is 1.30 bits per heavy atom. The van der Waals surface area contributed by atoms with Crippen molar-refractivity contribution in [1.82, 2.24) is 14.8 Å². The van der Waals surface area contributed by atoms with Crippen LogP contribution in [0.4, 0.5) is 0 Å². The Morgan fingerprint density at radius 3 is 2.70 bits per heavy atom. The van der Waals surface area contributed by atoms with Gasteiger partial charge in [0.05, 0.1) is 6.20 Å². The van der Waals surface area contributed by atoms with Crippen LogP contribution in [0.1, 0.15) is 0 Å². The highest BCUT2D eigenvalue weighted by molar-refractivity contribution is 5.20. The molecule has 0 aliphatic heterocycles. The van der Waals surface area contributed by atoms with Crippen molar-refractivity contribution >= 4 is 0 Å². The van der Waals surface area contributed by atoms with Gasteiger partial charge in [0, 0.05) is 18.5 Å². The van der Waals surface area contributed by atoms with E-state index in [1.807, 2.05) is 35.2 Å². The summed E-state index contributed by atoms with van der Waals surface area (Å²) in [5.74, 6) is 0.991. The molecule has 1 N–H and O–H groups in total. The van der Waals surface area contributed by atoms with Crippen molar-refractivity contribution in [1.29, 1.82) is 0 Å². The topological polar surface area (TPSA) is 33.6 Å². The van der Waals surface area contributed by atoms with Crippen molar-refractivity contribution in [2.24, 2.45) is 0 Å². The lowest BCUT2D eigenvalue weighted by atomic mass is 10.6. The molecule has 0 radical (unpaired) electrons. The van der Waals surface area contributed by atoms with Crippen molar-refractivity contribution in [3.05, 3.63) is 36.8 Å². The number of nitrogens with one attached hydrogen (secondary N) is 1. The minimum Gasteiger partial charge on any atom is -0.309 e. The summed E-state index contributed by atoms with van der Waals surface area (Å²) in [6.07, 6.45) is 5.66. The molecule has 10 heavy (non-hydrogen) atoms. The summed E-state index contributed by atoms with van der Waals surface area (Å²) in [7, 11) is 0. The van der Waals surface area contributed by atoms with Gasteiger partial charge in [-0.15, -0.1) is 0 Å². The third kappa shape index (κ3) is 0.719. The molecule has 3 heteroatoms. The van der Waals surface area contributed by atoms with Gasteiger partial charge in [-0.1, -0.05) is 0 Å². The molecule has 0 amide bonds. The molecule has 0 aliphatic rings. The summed E-state index contributed by atoms with van der Waals surface area (Å²) in [5, 5.41) is 6.68. The summed E-state index contributed by atoms with van der Waals surface area (Å²) >= 11 is 0. The Morgan fingerprint density at radius 2 is 2.10 bits per heavy atom. The first kappa shape index (κ1) is 5.29. The van der Waals surface area contributed by atoms with Gasteiger partial charge in [-0.3, -0.25) is 5.10 Å². The van der Waals surface area contributed by atoms with Gasteiger partial charge in [-0.05, 0) is 12.1 Å². The third-order valence-electron chi connectivity index (χ3n) is 1.37. The number of aromatic amines is 1. The number of hydrogen-bond donors (Lipinski definition) is 1. The molecule has 0 aromatic carbocycles. The predicted octanol–water partition coefficient (Wildman–Crippen LogP) is 1.20. The van der Waals surface area contributed by atoms with E-state index >= 15 is 0 Å². The number of rotatable bonds is 1. The van der Waals surface area contributed by atoms with E-state index in [0.29, 0.717) is 0 Å². The van der Waals surface area contributed by atoms with Gasteiger partial charge in [0.25, 0.3) is 0 Å². The van der Waals surface area contributed by atoms with Crippen LogP contribution in [0.3, 0.4) is 0 Å². The normalized spacial score (nSPS) is 10.0. The van der Waals surface area contributed by atoms with Crippen molar-refractivity contribution < 1.29 is 0 Å². The highest BCUT2D eigenvalue weighted by Crippen LogP contribution is 2.00. The van der Waals surface area contributed by atoms with Crippen molar-refractivity contribution in [3.63, 3.8) is 0 Å². The fourth-order valence-corrected chi connectivity index (χ4v) is 0.887. The first-order valence-corrected chi connectivity index (χ1v) is 3.09. The van der Waals surface area contributed by atoms with Gasteiger partial charge in [0.1, 0.15) is 5.82 Å². The Kier molecular flexibility index (Phi) is 1.07. The maximum Gasteiger partial charge on any atom is 0.132 e. The predicted molar refractivity (Wildman–Crippen MR) is 37.9 cm³/mol. The summed E-state index contributed by atoms with van der Waals surface area (Å²) in [4.78, 5) is 0. The summed E-state index contributed by atoms with van der Waals surface area (Å²) in [5.41, 5.74) is 0. The molecule has 0 spiro atoms. The first-order chi connectivity index (χ1) is 4.97. The molecular weight excluding hydrogens is 126 g/mol. The fourth-order valence-electron chi connectivity index (χ4n) is 0.887. The molecule has 2 rings (SSSR count).